The predicted molar refractivity (Wildman–Crippen MR) is 62.6 cm³/mol. The lowest BCUT2D eigenvalue weighted by Crippen LogP contribution is -1.88. The Labute approximate surface area is 90.8 Å². The molecule has 0 bridgehead atoms. The molecule has 5 heteroatoms. The van der Waals surface area contributed by atoms with Crippen LogP contribution in [0.25, 0.3) is 0 Å². The lowest BCUT2D eigenvalue weighted by molar-refractivity contribution is -0.111. The van der Waals surface area contributed by atoms with Crippen LogP contribution < -0.4 is 0 Å². The van der Waals surface area contributed by atoms with Crippen LogP contribution in [0.5, 0.6) is 0 Å². The second-order valence-corrected chi connectivity index (χ2v) is 6.49. The van der Waals surface area contributed by atoms with Crippen molar-refractivity contribution in [2.24, 2.45) is 0 Å². The molecule has 0 spiro atoms. The Morgan fingerprint density at radius 3 is 1.62 bits per heavy atom. The molecule has 0 N–H and O–H groups in total. The zero-order valence-electron chi connectivity index (χ0n) is 7.87. The van der Waals surface area contributed by atoms with E-state index in [-0.39, 0.29) is 10.2 Å². The molecular weight excluding hydrogens is 224 g/mol. The van der Waals surface area contributed by atoms with Gasteiger partial charge in [0.05, 0.1) is 0 Å². The quantitative estimate of drug-likeness (QED) is 0.660. The SMILES string of the molecule is CCCC(=O)SSSC(=O)CCC. The molecule has 0 rings (SSSR count). The fourth-order valence-electron chi connectivity index (χ4n) is 0.584. The minimum atomic E-state index is 0.157. The summed E-state index contributed by atoms with van der Waals surface area (Å²) in [4.78, 5) is 22.0. The largest absolute Gasteiger partial charge is 0.286 e. The summed E-state index contributed by atoms with van der Waals surface area (Å²) in [5.41, 5.74) is 0. The second-order valence-electron chi connectivity index (χ2n) is 2.48. The predicted octanol–water partition coefficient (Wildman–Crippen LogP) is 3.67. The van der Waals surface area contributed by atoms with Gasteiger partial charge in [0.25, 0.3) is 0 Å². The highest BCUT2D eigenvalue weighted by Gasteiger charge is 2.05. The van der Waals surface area contributed by atoms with Crippen LogP contribution >= 0.6 is 31.4 Å². The lowest BCUT2D eigenvalue weighted by atomic mass is 10.4. The highest BCUT2D eigenvalue weighted by atomic mass is 33.5. The van der Waals surface area contributed by atoms with E-state index in [1.54, 1.807) is 0 Å². The average Bonchev–Trinajstić information content (AvgIpc) is 2.05. The topological polar surface area (TPSA) is 34.1 Å². The monoisotopic (exact) mass is 238 g/mol. The van der Waals surface area contributed by atoms with E-state index in [0.29, 0.717) is 12.8 Å². The molecule has 0 heterocycles. The molecule has 0 aliphatic carbocycles. The molecule has 0 saturated heterocycles. The summed E-state index contributed by atoms with van der Waals surface area (Å²) >= 11 is 0. The van der Waals surface area contributed by atoms with E-state index in [0.717, 1.165) is 12.8 Å². The Kier molecular flexibility index (Phi) is 9.23. The minimum Gasteiger partial charge on any atom is -0.286 e. The summed E-state index contributed by atoms with van der Waals surface area (Å²) in [7, 11) is 3.63. The highest BCUT2D eigenvalue weighted by Crippen LogP contribution is 2.37. The first kappa shape index (κ1) is 13.4. The van der Waals surface area contributed by atoms with E-state index >= 15 is 0 Å². The molecule has 0 aliphatic rings. The summed E-state index contributed by atoms with van der Waals surface area (Å²) in [6, 6.07) is 0. The summed E-state index contributed by atoms with van der Waals surface area (Å²) < 4.78 is 0. The smallest absolute Gasteiger partial charge is 0.200 e. The molecule has 0 aliphatic heterocycles. The van der Waals surface area contributed by atoms with Crippen LogP contribution in [0.3, 0.4) is 0 Å². The molecule has 0 amide bonds. The van der Waals surface area contributed by atoms with Crippen molar-refractivity contribution in [3.05, 3.63) is 0 Å². The first-order chi connectivity index (χ1) is 6.20. The van der Waals surface area contributed by atoms with Crippen molar-refractivity contribution in [1.29, 1.82) is 0 Å². The van der Waals surface area contributed by atoms with Crippen LogP contribution in [-0.2, 0) is 9.59 Å². The van der Waals surface area contributed by atoms with E-state index in [9.17, 15) is 9.59 Å². The van der Waals surface area contributed by atoms with Gasteiger partial charge in [-0.05, 0) is 44.3 Å². The fraction of sp³-hybridized carbons (Fsp3) is 0.750. The van der Waals surface area contributed by atoms with E-state index in [1.165, 1.54) is 31.4 Å². The zero-order valence-corrected chi connectivity index (χ0v) is 10.3. The van der Waals surface area contributed by atoms with Crippen LogP contribution in [-0.4, -0.2) is 10.2 Å². The minimum absolute atomic E-state index is 0.157. The first-order valence-corrected chi connectivity index (χ1v) is 7.75. The first-order valence-electron chi connectivity index (χ1n) is 4.27. The van der Waals surface area contributed by atoms with Gasteiger partial charge in [0.1, 0.15) is 0 Å². The van der Waals surface area contributed by atoms with Crippen molar-refractivity contribution < 1.29 is 9.59 Å². The van der Waals surface area contributed by atoms with Crippen LogP contribution in [0.1, 0.15) is 39.5 Å². The third kappa shape index (κ3) is 8.71. The van der Waals surface area contributed by atoms with Gasteiger partial charge >= 0.3 is 0 Å². The summed E-state index contributed by atoms with van der Waals surface area (Å²) in [5.74, 6) is 0. The van der Waals surface area contributed by atoms with Gasteiger partial charge in [-0.25, -0.2) is 0 Å². The Hall–Kier alpha value is 0.390. The molecule has 2 nitrogen and oxygen atoms in total. The van der Waals surface area contributed by atoms with E-state index in [4.69, 9.17) is 0 Å². The highest BCUT2D eigenvalue weighted by molar-refractivity contribution is 9.14. The van der Waals surface area contributed by atoms with Crippen LogP contribution in [0.2, 0.25) is 0 Å². The molecule has 0 fully saturated rings. The molecule has 0 aromatic carbocycles. The van der Waals surface area contributed by atoms with E-state index in [2.05, 4.69) is 0 Å². The van der Waals surface area contributed by atoms with Crippen molar-refractivity contribution in [3.63, 3.8) is 0 Å². The van der Waals surface area contributed by atoms with Crippen molar-refractivity contribution in [3.8, 4) is 0 Å². The van der Waals surface area contributed by atoms with Gasteiger partial charge in [-0.2, -0.15) is 0 Å². The molecule has 0 aromatic heterocycles. The molecule has 0 saturated carbocycles. The molecular formula is C8H14O2S3. The maximum absolute atomic E-state index is 11.0. The standard InChI is InChI=1S/C8H14O2S3/c1-3-5-7(9)11-13-12-8(10)6-4-2/h3-6H2,1-2H3. The molecule has 76 valence electrons. The van der Waals surface area contributed by atoms with Crippen molar-refractivity contribution in [1.82, 2.24) is 0 Å². The summed E-state index contributed by atoms with van der Waals surface area (Å²) in [6.45, 7) is 3.94. The fourth-order valence-corrected chi connectivity index (χ4v) is 4.07. The number of hydrogen-bond acceptors (Lipinski definition) is 5. The van der Waals surface area contributed by atoms with Gasteiger partial charge in [-0.3, -0.25) is 9.59 Å². The van der Waals surface area contributed by atoms with Crippen LogP contribution in [0, 0.1) is 0 Å². The van der Waals surface area contributed by atoms with E-state index in [1.807, 2.05) is 13.8 Å². The number of hydrogen-bond donors (Lipinski definition) is 0. The third-order valence-corrected chi connectivity index (χ3v) is 4.83. The molecule has 0 unspecified atom stereocenters. The molecule has 0 atom stereocenters. The van der Waals surface area contributed by atoms with Gasteiger partial charge in [0, 0.05) is 12.8 Å². The van der Waals surface area contributed by atoms with Crippen molar-refractivity contribution in [2.75, 3.05) is 0 Å². The van der Waals surface area contributed by atoms with Gasteiger partial charge in [0.2, 0.25) is 0 Å². The van der Waals surface area contributed by atoms with Gasteiger partial charge in [0.15, 0.2) is 10.2 Å². The Balaban J connectivity index is 3.33. The van der Waals surface area contributed by atoms with Crippen LogP contribution in [0.4, 0.5) is 0 Å². The normalized spacial score (nSPS) is 10.0. The summed E-state index contributed by atoms with van der Waals surface area (Å²) in [6.07, 6.45) is 2.94. The average molecular weight is 238 g/mol. The Bertz CT molecular complexity index is 153. The molecule has 0 aromatic rings. The van der Waals surface area contributed by atoms with Gasteiger partial charge < -0.3 is 0 Å². The number of carbonyl (C=O) groups excluding carboxylic acids is 2. The van der Waals surface area contributed by atoms with Gasteiger partial charge in [-0.1, -0.05) is 13.8 Å². The second kappa shape index (κ2) is 8.97. The maximum Gasteiger partial charge on any atom is 0.200 e. The molecule has 13 heavy (non-hydrogen) atoms. The zero-order chi connectivity index (χ0) is 10.1. The summed E-state index contributed by atoms with van der Waals surface area (Å²) in [5, 5.41) is 0.314. The van der Waals surface area contributed by atoms with Crippen molar-refractivity contribution >= 4 is 41.6 Å². The Morgan fingerprint density at radius 2 is 1.31 bits per heavy atom. The number of rotatable bonds is 6. The van der Waals surface area contributed by atoms with Crippen LogP contribution in [0.15, 0.2) is 0 Å². The van der Waals surface area contributed by atoms with E-state index < -0.39 is 0 Å². The lowest BCUT2D eigenvalue weighted by Gasteiger charge is -1.96. The van der Waals surface area contributed by atoms with Gasteiger partial charge in [-0.15, -0.1) is 0 Å². The van der Waals surface area contributed by atoms with Crippen molar-refractivity contribution in [2.45, 2.75) is 39.5 Å². The third-order valence-electron chi connectivity index (χ3n) is 1.16. The number of carbonyl (C=O) groups is 2. The molecule has 0 radical (unpaired) electrons. The maximum atomic E-state index is 11.0. The Morgan fingerprint density at radius 1 is 0.923 bits per heavy atom.